The minimum atomic E-state index is -1.13. The summed E-state index contributed by atoms with van der Waals surface area (Å²) in [6, 6.07) is 17.2. The summed E-state index contributed by atoms with van der Waals surface area (Å²) in [4.78, 5) is 36.7. The molecule has 3 rings (SSSR count). The number of carboxylic acid groups (broad SMARTS) is 1. The van der Waals surface area contributed by atoms with Crippen molar-refractivity contribution in [2.45, 2.75) is 13.0 Å². The molecule has 2 N–H and O–H groups in total. The van der Waals surface area contributed by atoms with Gasteiger partial charge in [-0.3, -0.25) is 19.3 Å². The summed E-state index contributed by atoms with van der Waals surface area (Å²) in [5, 5.41) is 10.9. The molecular formula is C22H20N2O5S2. The van der Waals surface area contributed by atoms with E-state index in [9.17, 15) is 14.4 Å². The molecule has 0 unspecified atom stereocenters. The number of hydrogen-bond donors (Lipinski definition) is 2. The molecule has 2 amide bonds. The van der Waals surface area contributed by atoms with Crippen LogP contribution in [0.2, 0.25) is 0 Å². The third kappa shape index (κ3) is 6.66. The van der Waals surface area contributed by atoms with Crippen LogP contribution < -0.4 is 10.1 Å². The normalized spacial score (nSPS) is 14.7. The van der Waals surface area contributed by atoms with Crippen molar-refractivity contribution in [2.24, 2.45) is 0 Å². The van der Waals surface area contributed by atoms with Crippen LogP contribution in [-0.2, 0) is 21.0 Å². The highest BCUT2D eigenvalue weighted by Crippen LogP contribution is 2.33. The van der Waals surface area contributed by atoms with Gasteiger partial charge in [-0.1, -0.05) is 66.4 Å². The second-order valence-corrected chi connectivity index (χ2v) is 8.28. The lowest BCUT2D eigenvalue weighted by atomic mass is 10.2. The third-order valence-corrected chi connectivity index (χ3v) is 5.65. The maximum absolute atomic E-state index is 12.7. The standard InChI is InChI=1S/C22H20N2O5S2/c25-19(23-13-20(26)27)9-10-24-21(28)18(31-22(24)30)12-16-7-4-8-17(11-16)29-14-15-5-2-1-3-6-15/h1-8,11-12H,9-10,13-14H2,(H,23,25)(H,26,27)/b18-12-. The Morgan fingerprint density at radius 1 is 1.16 bits per heavy atom. The lowest BCUT2D eigenvalue weighted by Gasteiger charge is -2.13. The van der Waals surface area contributed by atoms with Gasteiger partial charge in [-0.2, -0.15) is 0 Å². The number of carbonyl (C=O) groups is 3. The number of thiocarbonyl (C=S) groups is 1. The summed E-state index contributed by atoms with van der Waals surface area (Å²) in [6.07, 6.45) is 1.70. The second kappa shape index (κ2) is 10.7. The van der Waals surface area contributed by atoms with Crippen LogP contribution in [0.4, 0.5) is 0 Å². The van der Waals surface area contributed by atoms with Crippen molar-refractivity contribution in [3.63, 3.8) is 0 Å². The maximum Gasteiger partial charge on any atom is 0.322 e. The fourth-order valence-corrected chi connectivity index (χ4v) is 4.06. The van der Waals surface area contributed by atoms with E-state index >= 15 is 0 Å². The van der Waals surface area contributed by atoms with E-state index in [1.807, 2.05) is 54.6 Å². The number of hydrogen-bond acceptors (Lipinski definition) is 6. The maximum atomic E-state index is 12.7. The summed E-state index contributed by atoms with van der Waals surface area (Å²) in [7, 11) is 0. The average Bonchev–Trinajstić information content (AvgIpc) is 3.02. The second-order valence-electron chi connectivity index (χ2n) is 6.60. The number of carboxylic acids is 1. The van der Waals surface area contributed by atoms with Crippen LogP contribution in [0, 0.1) is 0 Å². The Hall–Kier alpha value is -3.17. The summed E-state index contributed by atoms with van der Waals surface area (Å²) < 4.78 is 6.19. The van der Waals surface area contributed by atoms with E-state index in [-0.39, 0.29) is 18.9 Å². The van der Waals surface area contributed by atoms with Gasteiger partial charge in [0.1, 0.15) is 23.2 Å². The van der Waals surface area contributed by atoms with Gasteiger partial charge < -0.3 is 15.2 Å². The van der Waals surface area contributed by atoms with E-state index in [0.29, 0.717) is 21.6 Å². The van der Waals surface area contributed by atoms with E-state index in [1.54, 1.807) is 6.08 Å². The zero-order chi connectivity index (χ0) is 22.2. The quantitative estimate of drug-likeness (QED) is 0.442. The Balaban J connectivity index is 1.60. The predicted octanol–water partition coefficient (Wildman–Crippen LogP) is 3.06. The average molecular weight is 457 g/mol. The number of aliphatic carboxylic acids is 1. The first-order valence-corrected chi connectivity index (χ1v) is 10.7. The monoisotopic (exact) mass is 456 g/mol. The van der Waals surface area contributed by atoms with Crippen molar-refractivity contribution in [3.05, 3.63) is 70.6 Å². The number of rotatable bonds is 9. The van der Waals surface area contributed by atoms with Crippen molar-refractivity contribution < 1.29 is 24.2 Å². The lowest BCUT2D eigenvalue weighted by molar-refractivity contribution is -0.138. The third-order valence-electron chi connectivity index (χ3n) is 4.28. The molecule has 0 bridgehead atoms. The number of amides is 2. The zero-order valence-corrected chi connectivity index (χ0v) is 18.1. The van der Waals surface area contributed by atoms with Gasteiger partial charge in [-0.25, -0.2) is 0 Å². The molecule has 1 fully saturated rings. The molecule has 160 valence electrons. The molecule has 0 saturated carbocycles. The van der Waals surface area contributed by atoms with E-state index in [0.717, 1.165) is 22.9 Å². The first kappa shape index (κ1) is 22.5. The van der Waals surface area contributed by atoms with Crippen molar-refractivity contribution >= 4 is 52.2 Å². The highest BCUT2D eigenvalue weighted by molar-refractivity contribution is 8.26. The molecular weight excluding hydrogens is 436 g/mol. The highest BCUT2D eigenvalue weighted by atomic mass is 32.2. The van der Waals surface area contributed by atoms with E-state index in [1.165, 1.54) is 4.90 Å². The Bertz CT molecular complexity index is 1020. The number of ether oxygens (including phenoxy) is 1. The fourth-order valence-electron chi connectivity index (χ4n) is 2.76. The van der Waals surface area contributed by atoms with Gasteiger partial charge in [-0.05, 0) is 29.3 Å². The van der Waals surface area contributed by atoms with E-state index in [4.69, 9.17) is 22.1 Å². The molecule has 1 aliphatic heterocycles. The molecule has 0 spiro atoms. The van der Waals surface area contributed by atoms with Crippen LogP contribution >= 0.6 is 24.0 Å². The molecule has 31 heavy (non-hydrogen) atoms. The van der Waals surface area contributed by atoms with Gasteiger partial charge in [0.2, 0.25) is 5.91 Å². The van der Waals surface area contributed by atoms with Crippen molar-refractivity contribution in [3.8, 4) is 5.75 Å². The Kier molecular flexibility index (Phi) is 7.80. The number of nitrogens with zero attached hydrogens (tertiary/aromatic N) is 1. The molecule has 1 aliphatic rings. The molecule has 7 nitrogen and oxygen atoms in total. The first-order valence-electron chi connectivity index (χ1n) is 9.43. The van der Waals surface area contributed by atoms with E-state index < -0.39 is 18.4 Å². The SMILES string of the molecule is O=C(O)CNC(=O)CCN1C(=O)/C(=C/c2cccc(OCc3ccccc3)c2)SC1=S. The van der Waals surface area contributed by atoms with Crippen LogP contribution in [0.3, 0.4) is 0 Å². The minimum Gasteiger partial charge on any atom is -0.489 e. The summed E-state index contributed by atoms with van der Waals surface area (Å²) in [5.74, 6) is -1.18. The van der Waals surface area contributed by atoms with E-state index in [2.05, 4.69) is 5.32 Å². The molecule has 0 radical (unpaired) electrons. The van der Waals surface area contributed by atoms with Crippen LogP contribution in [-0.4, -0.2) is 45.2 Å². The largest absolute Gasteiger partial charge is 0.489 e. The first-order chi connectivity index (χ1) is 14.9. The summed E-state index contributed by atoms with van der Waals surface area (Å²) in [5.41, 5.74) is 1.85. The summed E-state index contributed by atoms with van der Waals surface area (Å²) in [6.45, 7) is 0.0733. The van der Waals surface area contributed by atoms with Gasteiger partial charge in [0.05, 0.1) is 4.91 Å². The molecule has 9 heteroatoms. The predicted molar refractivity (Wildman–Crippen MR) is 122 cm³/mol. The number of carbonyl (C=O) groups excluding carboxylic acids is 2. The van der Waals surface area contributed by atoms with Crippen molar-refractivity contribution in [1.82, 2.24) is 10.2 Å². The molecule has 0 aromatic heterocycles. The Morgan fingerprint density at radius 3 is 2.68 bits per heavy atom. The number of benzene rings is 2. The van der Waals surface area contributed by atoms with Gasteiger partial charge in [0.15, 0.2) is 0 Å². The Labute approximate surface area is 189 Å². The van der Waals surface area contributed by atoms with Crippen LogP contribution in [0.15, 0.2) is 59.5 Å². The van der Waals surface area contributed by atoms with Crippen LogP contribution in [0.5, 0.6) is 5.75 Å². The summed E-state index contributed by atoms with van der Waals surface area (Å²) >= 11 is 6.43. The van der Waals surface area contributed by atoms with Gasteiger partial charge in [0, 0.05) is 13.0 Å². The fraction of sp³-hybridized carbons (Fsp3) is 0.182. The van der Waals surface area contributed by atoms with Gasteiger partial charge >= 0.3 is 5.97 Å². The number of nitrogens with one attached hydrogen (secondary N) is 1. The number of thioether (sulfide) groups is 1. The van der Waals surface area contributed by atoms with Crippen LogP contribution in [0.25, 0.3) is 6.08 Å². The van der Waals surface area contributed by atoms with Gasteiger partial charge in [-0.15, -0.1) is 0 Å². The zero-order valence-electron chi connectivity index (χ0n) is 16.4. The van der Waals surface area contributed by atoms with Crippen LogP contribution in [0.1, 0.15) is 17.5 Å². The molecule has 2 aromatic carbocycles. The Morgan fingerprint density at radius 2 is 1.94 bits per heavy atom. The lowest BCUT2D eigenvalue weighted by Crippen LogP contribution is -2.35. The minimum absolute atomic E-state index is 0.0319. The molecule has 1 heterocycles. The topological polar surface area (TPSA) is 95.9 Å². The molecule has 0 aliphatic carbocycles. The van der Waals surface area contributed by atoms with Gasteiger partial charge in [0.25, 0.3) is 5.91 Å². The van der Waals surface area contributed by atoms with Crippen molar-refractivity contribution in [2.75, 3.05) is 13.1 Å². The van der Waals surface area contributed by atoms with Crippen molar-refractivity contribution in [1.29, 1.82) is 0 Å². The molecule has 0 atom stereocenters. The molecule has 1 saturated heterocycles. The smallest absolute Gasteiger partial charge is 0.322 e. The molecule has 2 aromatic rings. The highest BCUT2D eigenvalue weighted by Gasteiger charge is 2.32.